The highest BCUT2D eigenvalue weighted by Gasteiger charge is 2.22. The van der Waals surface area contributed by atoms with Crippen LogP contribution >= 0.6 is 0 Å². The molecule has 0 spiro atoms. The Labute approximate surface area is 186 Å². The predicted molar refractivity (Wildman–Crippen MR) is 120 cm³/mol. The summed E-state index contributed by atoms with van der Waals surface area (Å²) in [6.45, 7) is 0. The zero-order chi connectivity index (χ0) is 22.6. The summed E-state index contributed by atoms with van der Waals surface area (Å²) >= 11 is 0. The zero-order valence-electron chi connectivity index (χ0n) is 17.0. The lowest BCUT2D eigenvalue weighted by Crippen LogP contribution is -2.34. The molecule has 0 saturated heterocycles. The summed E-state index contributed by atoms with van der Waals surface area (Å²) in [6, 6.07) is 26.9. The summed E-state index contributed by atoms with van der Waals surface area (Å²) in [5, 5.41) is 13.1. The van der Waals surface area contributed by atoms with Crippen LogP contribution in [0.15, 0.2) is 102 Å². The molecular weight excluding hydrogens is 426 g/mol. The fourth-order valence-corrected chi connectivity index (χ4v) is 4.66. The van der Waals surface area contributed by atoms with Crippen molar-refractivity contribution >= 4 is 26.8 Å². The van der Waals surface area contributed by atoms with Crippen LogP contribution in [0.25, 0.3) is 10.8 Å². The number of ether oxygens (including phenoxy) is 1. The molecule has 162 valence electrons. The second kappa shape index (κ2) is 9.21. The van der Waals surface area contributed by atoms with Crippen molar-refractivity contribution in [2.75, 3.05) is 0 Å². The molecule has 0 fully saturated rings. The first kappa shape index (κ1) is 21.5. The minimum atomic E-state index is -4.00. The van der Waals surface area contributed by atoms with Gasteiger partial charge < -0.3 is 14.6 Å². The normalized spacial score (nSPS) is 12.4. The third kappa shape index (κ3) is 5.14. The van der Waals surface area contributed by atoms with Crippen LogP contribution in [0, 0.1) is 0 Å². The number of carboxylic acid groups (broad SMARTS) is 1. The van der Waals surface area contributed by atoms with Crippen molar-refractivity contribution in [3.05, 3.63) is 103 Å². The van der Waals surface area contributed by atoms with Crippen LogP contribution in [0.3, 0.4) is 0 Å². The summed E-state index contributed by atoms with van der Waals surface area (Å²) in [7, 11) is -4.00. The highest BCUT2D eigenvalue weighted by atomic mass is 32.2. The molecular formula is C25H20NO5S-. The van der Waals surface area contributed by atoms with E-state index in [0.29, 0.717) is 17.1 Å². The van der Waals surface area contributed by atoms with E-state index in [4.69, 9.17) is 4.74 Å². The average Bonchev–Trinajstić information content (AvgIpc) is 2.79. The van der Waals surface area contributed by atoms with E-state index in [1.54, 1.807) is 48.5 Å². The van der Waals surface area contributed by atoms with Crippen molar-refractivity contribution in [1.29, 1.82) is 0 Å². The second-order valence-electron chi connectivity index (χ2n) is 7.25. The number of hydrogen-bond donors (Lipinski definition) is 1. The van der Waals surface area contributed by atoms with Gasteiger partial charge in [-0.25, -0.2) is 13.1 Å². The summed E-state index contributed by atoms with van der Waals surface area (Å²) in [4.78, 5) is 11.4. The fourth-order valence-electron chi connectivity index (χ4n) is 3.40. The number of sulfonamides is 1. The number of benzene rings is 4. The molecule has 0 bridgehead atoms. The van der Waals surface area contributed by atoms with Crippen molar-refractivity contribution < 1.29 is 23.1 Å². The van der Waals surface area contributed by atoms with Crippen LogP contribution < -0.4 is 14.6 Å². The SMILES string of the molecule is O=C([O-])C[C@@H](NS(=O)(=O)c1ccc2ccccc2c1)c1cccc(Oc2ccccc2)c1. The summed E-state index contributed by atoms with van der Waals surface area (Å²) < 4.78 is 34.4. The predicted octanol–water partition coefficient (Wildman–Crippen LogP) is 3.79. The van der Waals surface area contributed by atoms with E-state index in [-0.39, 0.29) is 4.90 Å². The lowest BCUT2D eigenvalue weighted by Gasteiger charge is -2.20. The second-order valence-corrected chi connectivity index (χ2v) is 8.96. The number of para-hydroxylation sites is 1. The quantitative estimate of drug-likeness (QED) is 0.444. The van der Waals surface area contributed by atoms with Gasteiger partial charge in [0.1, 0.15) is 11.5 Å². The summed E-state index contributed by atoms with van der Waals surface area (Å²) in [5.41, 5.74) is 0.451. The van der Waals surface area contributed by atoms with Gasteiger partial charge in [-0.15, -0.1) is 0 Å². The third-order valence-corrected chi connectivity index (χ3v) is 6.41. The Morgan fingerprint density at radius 1 is 0.812 bits per heavy atom. The Morgan fingerprint density at radius 3 is 2.25 bits per heavy atom. The van der Waals surface area contributed by atoms with Crippen molar-refractivity contribution in [3.63, 3.8) is 0 Å². The number of carbonyl (C=O) groups is 1. The van der Waals surface area contributed by atoms with Crippen LogP contribution in [0.2, 0.25) is 0 Å². The minimum absolute atomic E-state index is 0.0521. The molecule has 6 nitrogen and oxygen atoms in total. The Hall–Kier alpha value is -3.68. The van der Waals surface area contributed by atoms with Gasteiger partial charge in [-0.05, 0) is 52.7 Å². The molecule has 7 heteroatoms. The van der Waals surface area contributed by atoms with E-state index in [1.165, 1.54) is 6.07 Å². The zero-order valence-corrected chi connectivity index (χ0v) is 17.8. The lowest BCUT2D eigenvalue weighted by atomic mass is 10.0. The van der Waals surface area contributed by atoms with Gasteiger partial charge in [-0.1, -0.05) is 60.7 Å². The number of fused-ring (bicyclic) bond motifs is 1. The average molecular weight is 447 g/mol. The maximum absolute atomic E-state index is 13.1. The molecule has 0 amide bonds. The first-order chi connectivity index (χ1) is 15.4. The molecule has 0 radical (unpaired) electrons. The number of carboxylic acids is 1. The number of aliphatic carboxylic acids is 1. The maximum Gasteiger partial charge on any atom is 0.241 e. The Balaban J connectivity index is 1.63. The van der Waals surface area contributed by atoms with Crippen molar-refractivity contribution in [3.8, 4) is 11.5 Å². The molecule has 0 saturated carbocycles. The molecule has 0 heterocycles. The molecule has 0 aliphatic rings. The number of rotatable bonds is 8. The van der Waals surface area contributed by atoms with Crippen LogP contribution in [0.1, 0.15) is 18.0 Å². The van der Waals surface area contributed by atoms with Gasteiger partial charge in [0.25, 0.3) is 0 Å². The molecule has 0 aliphatic heterocycles. The van der Waals surface area contributed by atoms with Gasteiger partial charge in [-0.3, -0.25) is 0 Å². The highest BCUT2D eigenvalue weighted by molar-refractivity contribution is 7.89. The largest absolute Gasteiger partial charge is 0.550 e. The maximum atomic E-state index is 13.1. The Morgan fingerprint density at radius 2 is 1.50 bits per heavy atom. The van der Waals surface area contributed by atoms with Gasteiger partial charge in [-0.2, -0.15) is 0 Å². The van der Waals surface area contributed by atoms with Crippen molar-refractivity contribution in [2.24, 2.45) is 0 Å². The van der Waals surface area contributed by atoms with E-state index in [0.717, 1.165) is 10.8 Å². The van der Waals surface area contributed by atoms with E-state index >= 15 is 0 Å². The third-order valence-electron chi connectivity index (χ3n) is 4.94. The molecule has 0 aromatic heterocycles. The van der Waals surface area contributed by atoms with Crippen LogP contribution in [0.5, 0.6) is 11.5 Å². The molecule has 32 heavy (non-hydrogen) atoms. The Bertz CT molecular complexity index is 1350. The minimum Gasteiger partial charge on any atom is -0.550 e. The topological polar surface area (TPSA) is 95.5 Å². The van der Waals surface area contributed by atoms with E-state index in [9.17, 15) is 18.3 Å². The number of hydrogen-bond acceptors (Lipinski definition) is 5. The smallest absolute Gasteiger partial charge is 0.241 e. The summed E-state index contributed by atoms with van der Waals surface area (Å²) in [5.74, 6) is -0.301. The van der Waals surface area contributed by atoms with Gasteiger partial charge in [0.05, 0.1) is 10.9 Å². The van der Waals surface area contributed by atoms with E-state index < -0.39 is 28.5 Å². The molecule has 0 aliphatic carbocycles. The first-order valence-corrected chi connectivity index (χ1v) is 11.4. The van der Waals surface area contributed by atoms with Crippen molar-refractivity contribution in [1.82, 2.24) is 4.72 Å². The van der Waals surface area contributed by atoms with E-state index in [1.807, 2.05) is 42.5 Å². The fraction of sp³-hybridized carbons (Fsp3) is 0.0800. The molecule has 4 rings (SSSR count). The molecule has 1 atom stereocenters. The van der Waals surface area contributed by atoms with Crippen LogP contribution in [-0.2, 0) is 14.8 Å². The first-order valence-electron chi connectivity index (χ1n) is 9.94. The highest BCUT2D eigenvalue weighted by Crippen LogP contribution is 2.27. The van der Waals surface area contributed by atoms with Gasteiger partial charge in [0, 0.05) is 12.4 Å². The van der Waals surface area contributed by atoms with Crippen LogP contribution in [0.4, 0.5) is 0 Å². The van der Waals surface area contributed by atoms with Gasteiger partial charge >= 0.3 is 0 Å². The number of carbonyl (C=O) groups excluding carboxylic acids is 1. The molecule has 1 N–H and O–H groups in total. The summed E-state index contributed by atoms with van der Waals surface area (Å²) in [6.07, 6.45) is -0.526. The van der Waals surface area contributed by atoms with Gasteiger partial charge in [0.15, 0.2) is 0 Å². The standard InChI is InChI=1S/C25H21NO5S/c27-25(28)17-24(20-9-6-12-22(15-20)31-21-10-2-1-3-11-21)26-32(29,30)23-14-13-18-7-4-5-8-19(18)16-23/h1-16,24,26H,17H2,(H,27,28)/p-1/t24-/m1/s1. The monoisotopic (exact) mass is 446 g/mol. The number of nitrogens with one attached hydrogen (secondary N) is 1. The van der Waals surface area contributed by atoms with Crippen molar-refractivity contribution in [2.45, 2.75) is 17.4 Å². The molecule has 0 unspecified atom stereocenters. The van der Waals surface area contributed by atoms with Gasteiger partial charge in [0.2, 0.25) is 10.0 Å². The van der Waals surface area contributed by atoms with Crippen LogP contribution in [-0.4, -0.2) is 14.4 Å². The van der Waals surface area contributed by atoms with E-state index in [2.05, 4.69) is 4.72 Å². The molecule has 4 aromatic rings. The lowest BCUT2D eigenvalue weighted by molar-refractivity contribution is -0.306. The Kier molecular flexibility index (Phi) is 6.20. The molecule has 4 aromatic carbocycles.